The van der Waals surface area contributed by atoms with Crippen molar-refractivity contribution in [2.45, 2.75) is 0 Å². The van der Waals surface area contributed by atoms with Crippen LogP contribution in [0.3, 0.4) is 0 Å². The Morgan fingerprint density at radius 3 is 2.43 bits per heavy atom. The number of ether oxygens (including phenoxy) is 1. The highest BCUT2D eigenvalue weighted by atomic mass is 35.5. The standard InChI is InChI=1S/C24H14ClNOS/c25-15-9-12-20-22(13-15)27-21-7-3-2-6-19(21)26(20)16-10-11-18-17-5-1-4-8-23(17)28-24(18)14-16/h1-14H. The Kier molecular flexibility index (Phi) is 3.42. The monoisotopic (exact) mass is 399 g/mol. The van der Waals surface area contributed by atoms with Gasteiger partial charge in [0.1, 0.15) is 0 Å². The van der Waals surface area contributed by atoms with Crippen molar-refractivity contribution >= 4 is 60.2 Å². The van der Waals surface area contributed by atoms with Gasteiger partial charge in [-0.2, -0.15) is 0 Å². The van der Waals surface area contributed by atoms with Crippen molar-refractivity contribution in [3.63, 3.8) is 0 Å². The van der Waals surface area contributed by atoms with Crippen molar-refractivity contribution in [2.75, 3.05) is 4.90 Å². The van der Waals surface area contributed by atoms with Gasteiger partial charge in [-0.05, 0) is 42.5 Å². The Morgan fingerprint density at radius 1 is 0.679 bits per heavy atom. The predicted octanol–water partition coefficient (Wildman–Crippen LogP) is 8.28. The van der Waals surface area contributed by atoms with E-state index in [1.807, 2.05) is 47.7 Å². The summed E-state index contributed by atoms with van der Waals surface area (Å²) in [5, 5.41) is 3.27. The topological polar surface area (TPSA) is 12.5 Å². The Labute approximate surface area is 171 Å². The molecule has 0 N–H and O–H groups in total. The van der Waals surface area contributed by atoms with Crippen LogP contribution in [0.1, 0.15) is 0 Å². The first-order chi connectivity index (χ1) is 13.8. The van der Waals surface area contributed by atoms with Gasteiger partial charge in [-0.15, -0.1) is 11.3 Å². The molecule has 6 rings (SSSR count). The number of nitrogens with zero attached hydrogens (tertiary/aromatic N) is 1. The van der Waals surface area contributed by atoms with Crippen LogP contribution in [0.5, 0.6) is 11.5 Å². The zero-order valence-electron chi connectivity index (χ0n) is 14.7. The summed E-state index contributed by atoms with van der Waals surface area (Å²) in [6.45, 7) is 0. The summed E-state index contributed by atoms with van der Waals surface area (Å²) in [5.41, 5.74) is 3.12. The zero-order chi connectivity index (χ0) is 18.7. The highest BCUT2D eigenvalue weighted by Crippen LogP contribution is 2.51. The molecule has 0 saturated heterocycles. The van der Waals surface area contributed by atoms with Gasteiger partial charge in [0, 0.05) is 36.9 Å². The van der Waals surface area contributed by atoms with Crippen LogP contribution in [0.15, 0.2) is 84.9 Å². The molecule has 5 aromatic rings. The van der Waals surface area contributed by atoms with Gasteiger partial charge in [-0.25, -0.2) is 0 Å². The van der Waals surface area contributed by atoms with Gasteiger partial charge >= 0.3 is 0 Å². The second-order valence-electron chi connectivity index (χ2n) is 6.80. The molecule has 0 amide bonds. The summed E-state index contributed by atoms with van der Waals surface area (Å²) in [6.07, 6.45) is 0. The number of fused-ring (bicyclic) bond motifs is 5. The summed E-state index contributed by atoms with van der Waals surface area (Å²) in [6, 6.07) is 29.1. The van der Waals surface area contributed by atoms with Gasteiger partial charge in [0.05, 0.1) is 11.4 Å². The Balaban J connectivity index is 1.61. The van der Waals surface area contributed by atoms with Crippen LogP contribution < -0.4 is 9.64 Å². The Bertz CT molecular complexity index is 1370. The quantitative estimate of drug-likeness (QED) is 0.275. The number of para-hydroxylation sites is 2. The molecule has 0 aliphatic carbocycles. The Hall–Kier alpha value is -3.01. The summed E-state index contributed by atoms with van der Waals surface area (Å²) in [7, 11) is 0. The Morgan fingerprint density at radius 2 is 1.46 bits per heavy atom. The smallest absolute Gasteiger partial charge is 0.153 e. The van der Waals surface area contributed by atoms with Crippen LogP contribution in [-0.2, 0) is 0 Å². The first-order valence-corrected chi connectivity index (χ1v) is 10.3. The average Bonchev–Trinajstić information content (AvgIpc) is 3.09. The average molecular weight is 400 g/mol. The number of halogens is 1. The number of thiophene rings is 1. The van der Waals surface area contributed by atoms with Crippen molar-refractivity contribution in [3.05, 3.63) is 90.0 Å². The molecule has 1 aliphatic heterocycles. The molecule has 4 aromatic carbocycles. The molecule has 0 fully saturated rings. The minimum absolute atomic E-state index is 0.665. The lowest BCUT2D eigenvalue weighted by Gasteiger charge is -2.32. The van der Waals surface area contributed by atoms with E-state index in [1.165, 1.54) is 20.2 Å². The molecule has 0 radical (unpaired) electrons. The molecule has 1 aliphatic rings. The number of hydrogen-bond acceptors (Lipinski definition) is 3. The minimum atomic E-state index is 0.665. The van der Waals surface area contributed by atoms with Crippen LogP contribution in [0.25, 0.3) is 20.2 Å². The lowest BCUT2D eigenvalue weighted by molar-refractivity contribution is 0.477. The second kappa shape index (κ2) is 5.99. The third kappa shape index (κ3) is 2.34. The van der Waals surface area contributed by atoms with Gasteiger partial charge in [0.25, 0.3) is 0 Å². The molecule has 0 atom stereocenters. The van der Waals surface area contributed by atoms with E-state index in [0.29, 0.717) is 5.02 Å². The summed E-state index contributed by atoms with van der Waals surface area (Å²) in [4.78, 5) is 2.24. The van der Waals surface area contributed by atoms with Gasteiger partial charge < -0.3 is 9.64 Å². The van der Waals surface area contributed by atoms with E-state index in [-0.39, 0.29) is 0 Å². The number of anilines is 3. The summed E-state index contributed by atoms with van der Waals surface area (Å²) < 4.78 is 8.71. The van der Waals surface area contributed by atoms with E-state index in [1.54, 1.807) is 0 Å². The van der Waals surface area contributed by atoms with Gasteiger partial charge in [0.15, 0.2) is 11.5 Å². The molecule has 2 heterocycles. The number of rotatable bonds is 1. The maximum Gasteiger partial charge on any atom is 0.153 e. The molecule has 0 bridgehead atoms. The molecule has 1 aromatic heterocycles. The summed E-state index contributed by atoms with van der Waals surface area (Å²) in [5.74, 6) is 1.59. The van der Waals surface area contributed by atoms with Crippen molar-refractivity contribution in [3.8, 4) is 11.5 Å². The first-order valence-electron chi connectivity index (χ1n) is 9.06. The minimum Gasteiger partial charge on any atom is -0.453 e. The third-order valence-electron chi connectivity index (χ3n) is 5.11. The van der Waals surface area contributed by atoms with Crippen LogP contribution in [0.4, 0.5) is 17.1 Å². The van der Waals surface area contributed by atoms with Gasteiger partial charge in [-0.3, -0.25) is 0 Å². The van der Waals surface area contributed by atoms with E-state index >= 15 is 0 Å². The first kappa shape index (κ1) is 16.0. The van der Waals surface area contributed by atoms with Crippen molar-refractivity contribution in [1.29, 1.82) is 0 Å². The van der Waals surface area contributed by atoms with E-state index in [9.17, 15) is 0 Å². The fraction of sp³-hybridized carbons (Fsp3) is 0. The number of hydrogen-bond donors (Lipinski definition) is 0. The fourth-order valence-electron chi connectivity index (χ4n) is 3.86. The van der Waals surface area contributed by atoms with E-state index < -0.39 is 0 Å². The molecule has 28 heavy (non-hydrogen) atoms. The van der Waals surface area contributed by atoms with E-state index in [4.69, 9.17) is 16.3 Å². The zero-order valence-corrected chi connectivity index (χ0v) is 16.3. The molecule has 0 spiro atoms. The molecule has 2 nitrogen and oxygen atoms in total. The lowest BCUT2D eigenvalue weighted by Crippen LogP contribution is -2.15. The molecule has 134 valence electrons. The van der Waals surface area contributed by atoms with Gasteiger partial charge in [-0.1, -0.05) is 48.0 Å². The lowest BCUT2D eigenvalue weighted by atomic mass is 10.1. The van der Waals surface area contributed by atoms with E-state index in [0.717, 1.165) is 28.6 Å². The SMILES string of the molecule is Clc1ccc2c(c1)Oc1ccccc1N2c1ccc2c(c1)sc1ccccc12. The third-order valence-corrected chi connectivity index (χ3v) is 6.48. The maximum atomic E-state index is 6.22. The fourth-order valence-corrected chi connectivity index (χ4v) is 5.16. The summed E-state index contributed by atoms with van der Waals surface area (Å²) >= 11 is 8.05. The van der Waals surface area contributed by atoms with E-state index in [2.05, 4.69) is 53.4 Å². The molecule has 0 unspecified atom stereocenters. The molecular weight excluding hydrogens is 386 g/mol. The van der Waals surface area contributed by atoms with Crippen molar-refractivity contribution in [1.82, 2.24) is 0 Å². The molecule has 0 saturated carbocycles. The molecular formula is C24H14ClNOS. The van der Waals surface area contributed by atoms with Crippen molar-refractivity contribution < 1.29 is 4.74 Å². The maximum absolute atomic E-state index is 6.22. The van der Waals surface area contributed by atoms with Crippen LogP contribution in [0.2, 0.25) is 5.02 Å². The van der Waals surface area contributed by atoms with Crippen LogP contribution in [-0.4, -0.2) is 0 Å². The largest absolute Gasteiger partial charge is 0.453 e. The van der Waals surface area contributed by atoms with Crippen molar-refractivity contribution in [2.24, 2.45) is 0 Å². The highest BCUT2D eigenvalue weighted by Gasteiger charge is 2.26. The molecule has 4 heteroatoms. The normalized spacial score (nSPS) is 12.7. The van der Waals surface area contributed by atoms with Gasteiger partial charge in [0.2, 0.25) is 0 Å². The highest BCUT2D eigenvalue weighted by molar-refractivity contribution is 7.25. The second-order valence-corrected chi connectivity index (χ2v) is 8.32. The predicted molar refractivity (Wildman–Crippen MR) is 119 cm³/mol. The van der Waals surface area contributed by atoms with Crippen LogP contribution >= 0.6 is 22.9 Å². The number of benzene rings is 4. The van der Waals surface area contributed by atoms with Crippen LogP contribution in [0, 0.1) is 0 Å².